The van der Waals surface area contributed by atoms with Gasteiger partial charge in [-0.3, -0.25) is 4.79 Å². The van der Waals surface area contributed by atoms with Crippen molar-refractivity contribution in [3.05, 3.63) is 59.7 Å². The number of amides is 2. The predicted molar refractivity (Wildman–Crippen MR) is 121 cm³/mol. The Morgan fingerprint density at radius 3 is 1.97 bits per heavy atom. The minimum atomic E-state index is -1.12. The number of hydrogen-bond acceptors (Lipinski definition) is 4. The fourth-order valence-electron chi connectivity index (χ4n) is 4.03. The third-order valence-electron chi connectivity index (χ3n) is 5.76. The molecule has 1 aliphatic rings. The van der Waals surface area contributed by atoms with E-state index in [-0.39, 0.29) is 12.5 Å². The molecule has 170 valence electrons. The van der Waals surface area contributed by atoms with E-state index in [4.69, 9.17) is 4.74 Å². The summed E-state index contributed by atoms with van der Waals surface area (Å²) < 4.78 is 5.50. The summed E-state index contributed by atoms with van der Waals surface area (Å²) in [5.41, 5.74) is 3.78. The fourth-order valence-corrected chi connectivity index (χ4v) is 4.03. The standard InChI is InChI=1S/C25H30N2O5/c1-5-20(22(28)27-21(23(29)30)25(2,3)4)26-24(31)32-14-19-17-12-8-6-10-15(17)16-11-7-9-13-18(16)19/h6-13,19-21H,5,14H2,1-4H3,(H,26,31)(H,27,28)(H,29,30)/t20-,21-/m0/s1. The zero-order chi connectivity index (χ0) is 23.5. The molecule has 2 amide bonds. The zero-order valence-corrected chi connectivity index (χ0v) is 18.8. The van der Waals surface area contributed by atoms with Crippen LogP contribution in [0.3, 0.4) is 0 Å². The van der Waals surface area contributed by atoms with Gasteiger partial charge in [-0.2, -0.15) is 0 Å². The van der Waals surface area contributed by atoms with E-state index in [2.05, 4.69) is 22.8 Å². The molecule has 0 saturated heterocycles. The van der Waals surface area contributed by atoms with E-state index in [0.717, 1.165) is 22.3 Å². The molecule has 7 nitrogen and oxygen atoms in total. The molecule has 3 N–H and O–H groups in total. The van der Waals surface area contributed by atoms with Gasteiger partial charge in [-0.25, -0.2) is 9.59 Å². The highest BCUT2D eigenvalue weighted by molar-refractivity contribution is 5.89. The summed E-state index contributed by atoms with van der Waals surface area (Å²) >= 11 is 0. The molecule has 0 bridgehead atoms. The maximum atomic E-state index is 12.6. The first kappa shape index (κ1) is 23.3. The molecule has 7 heteroatoms. The summed E-state index contributed by atoms with van der Waals surface area (Å²) in [7, 11) is 0. The summed E-state index contributed by atoms with van der Waals surface area (Å²) in [6, 6.07) is 14.1. The molecule has 0 radical (unpaired) electrons. The lowest BCUT2D eigenvalue weighted by molar-refractivity contribution is -0.145. The van der Waals surface area contributed by atoms with Crippen molar-refractivity contribution in [2.45, 2.75) is 52.1 Å². The molecule has 1 aliphatic carbocycles. The summed E-state index contributed by atoms with van der Waals surface area (Å²) in [6.07, 6.45) is -0.413. The van der Waals surface area contributed by atoms with Crippen LogP contribution in [0, 0.1) is 5.41 Å². The Balaban J connectivity index is 1.64. The van der Waals surface area contributed by atoms with Crippen molar-refractivity contribution >= 4 is 18.0 Å². The number of carbonyl (C=O) groups is 3. The Morgan fingerprint density at radius 1 is 0.969 bits per heavy atom. The van der Waals surface area contributed by atoms with E-state index in [1.54, 1.807) is 27.7 Å². The molecule has 0 aliphatic heterocycles. The van der Waals surface area contributed by atoms with Gasteiger partial charge in [-0.05, 0) is 34.1 Å². The molecule has 0 aromatic heterocycles. The first-order valence-corrected chi connectivity index (χ1v) is 10.8. The van der Waals surface area contributed by atoms with E-state index in [0.29, 0.717) is 6.42 Å². The normalized spacial score (nSPS) is 14.6. The monoisotopic (exact) mass is 438 g/mol. The maximum absolute atomic E-state index is 12.6. The lowest BCUT2D eigenvalue weighted by Gasteiger charge is -2.29. The molecular weight excluding hydrogens is 408 g/mol. The van der Waals surface area contributed by atoms with Gasteiger partial charge in [0.25, 0.3) is 0 Å². The van der Waals surface area contributed by atoms with E-state index in [9.17, 15) is 19.5 Å². The number of hydrogen-bond donors (Lipinski definition) is 3. The minimum absolute atomic E-state index is 0.0839. The minimum Gasteiger partial charge on any atom is -0.480 e. The molecule has 2 atom stereocenters. The number of carboxylic acid groups (broad SMARTS) is 1. The van der Waals surface area contributed by atoms with E-state index < -0.39 is 35.5 Å². The lowest BCUT2D eigenvalue weighted by atomic mass is 9.86. The quantitative estimate of drug-likeness (QED) is 0.608. The highest BCUT2D eigenvalue weighted by atomic mass is 16.5. The van der Waals surface area contributed by atoms with Gasteiger partial charge < -0.3 is 20.5 Å². The van der Waals surface area contributed by atoms with Crippen LogP contribution in [-0.4, -0.2) is 41.8 Å². The van der Waals surface area contributed by atoms with E-state index in [1.165, 1.54) is 0 Å². The van der Waals surface area contributed by atoms with Crippen LogP contribution in [0.15, 0.2) is 48.5 Å². The second-order valence-electron chi connectivity index (χ2n) is 9.08. The average Bonchev–Trinajstić information content (AvgIpc) is 3.07. The second kappa shape index (κ2) is 9.42. The molecule has 2 aromatic rings. The zero-order valence-electron chi connectivity index (χ0n) is 18.8. The molecular formula is C25H30N2O5. The van der Waals surface area contributed by atoms with Crippen LogP contribution in [0.25, 0.3) is 11.1 Å². The van der Waals surface area contributed by atoms with Crippen molar-refractivity contribution in [3.8, 4) is 11.1 Å². The van der Waals surface area contributed by atoms with Gasteiger partial charge in [0, 0.05) is 5.92 Å². The van der Waals surface area contributed by atoms with Gasteiger partial charge in [0.05, 0.1) is 0 Å². The number of alkyl carbamates (subject to hydrolysis) is 1. The Bertz CT molecular complexity index is 966. The number of nitrogens with one attached hydrogen (secondary N) is 2. The number of carbonyl (C=O) groups excluding carboxylic acids is 2. The molecule has 0 spiro atoms. The second-order valence-corrected chi connectivity index (χ2v) is 9.08. The van der Waals surface area contributed by atoms with Crippen LogP contribution in [0.5, 0.6) is 0 Å². The van der Waals surface area contributed by atoms with Crippen molar-refractivity contribution in [3.63, 3.8) is 0 Å². The van der Waals surface area contributed by atoms with Gasteiger partial charge in [0.15, 0.2) is 0 Å². The van der Waals surface area contributed by atoms with E-state index in [1.807, 2.05) is 36.4 Å². The molecule has 2 aromatic carbocycles. The number of aliphatic carboxylic acids is 1. The van der Waals surface area contributed by atoms with Crippen LogP contribution in [0.2, 0.25) is 0 Å². The average molecular weight is 439 g/mol. The number of ether oxygens (including phenoxy) is 1. The van der Waals surface area contributed by atoms with Crippen LogP contribution >= 0.6 is 0 Å². The van der Waals surface area contributed by atoms with Crippen molar-refractivity contribution < 1.29 is 24.2 Å². The lowest BCUT2D eigenvalue weighted by Crippen LogP contribution is -2.55. The molecule has 0 saturated carbocycles. The van der Waals surface area contributed by atoms with Crippen LogP contribution < -0.4 is 10.6 Å². The molecule has 32 heavy (non-hydrogen) atoms. The Hall–Kier alpha value is -3.35. The first-order valence-electron chi connectivity index (χ1n) is 10.8. The van der Waals surface area contributed by atoms with Crippen LogP contribution in [0.1, 0.15) is 51.2 Å². The van der Waals surface area contributed by atoms with Crippen molar-refractivity contribution in [2.24, 2.45) is 5.41 Å². The summed E-state index contributed by atoms with van der Waals surface area (Å²) in [5, 5.41) is 14.5. The first-order chi connectivity index (χ1) is 15.1. The Kier molecular flexibility index (Phi) is 6.87. The smallest absolute Gasteiger partial charge is 0.407 e. The van der Waals surface area contributed by atoms with Gasteiger partial charge in [0.1, 0.15) is 18.7 Å². The topological polar surface area (TPSA) is 105 Å². The number of rotatable bonds is 7. The highest BCUT2D eigenvalue weighted by Crippen LogP contribution is 2.44. The van der Waals surface area contributed by atoms with Crippen molar-refractivity contribution in [2.75, 3.05) is 6.61 Å². The maximum Gasteiger partial charge on any atom is 0.407 e. The van der Waals surface area contributed by atoms with Gasteiger partial charge >= 0.3 is 12.1 Å². The van der Waals surface area contributed by atoms with Crippen molar-refractivity contribution in [1.29, 1.82) is 0 Å². The van der Waals surface area contributed by atoms with Gasteiger partial charge in [-0.1, -0.05) is 76.2 Å². The number of carboxylic acids is 1. The summed E-state index contributed by atoms with van der Waals surface area (Å²) in [6.45, 7) is 7.06. The molecule has 0 heterocycles. The SMILES string of the molecule is CC[C@H](NC(=O)OCC1c2ccccc2-c2ccccc21)C(=O)N[C@@H](C(=O)O)C(C)(C)C. The number of fused-ring (bicyclic) bond motifs is 3. The predicted octanol–water partition coefficient (Wildman–Crippen LogP) is 3.92. The highest BCUT2D eigenvalue weighted by Gasteiger charge is 2.35. The number of benzene rings is 2. The third kappa shape index (κ3) is 4.93. The third-order valence-corrected chi connectivity index (χ3v) is 5.76. The van der Waals surface area contributed by atoms with E-state index >= 15 is 0 Å². The largest absolute Gasteiger partial charge is 0.480 e. The molecule has 0 unspecified atom stereocenters. The van der Waals surface area contributed by atoms with Crippen LogP contribution in [-0.2, 0) is 14.3 Å². The van der Waals surface area contributed by atoms with Gasteiger partial charge in [-0.15, -0.1) is 0 Å². The van der Waals surface area contributed by atoms with Crippen molar-refractivity contribution in [1.82, 2.24) is 10.6 Å². The van der Waals surface area contributed by atoms with Crippen LogP contribution in [0.4, 0.5) is 4.79 Å². The summed E-state index contributed by atoms with van der Waals surface area (Å²) in [5.74, 6) is -1.76. The molecule has 3 rings (SSSR count). The Labute approximate surface area is 188 Å². The molecule has 0 fully saturated rings. The van der Waals surface area contributed by atoms with Gasteiger partial charge in [0.2, 0.25) is 5.91 Å². The Morgan fingerprint density at radius 2 is 1.50 bits per heavy atom. The summed E-state index contributed by atoms with van der Waals surface area (Å²) in [4.78, 5) is 36.6. The fraction of sp³-hybridized carbons (Fsp3) is 0.400.